The van der Waals surface area contributed by atoms with E-state index in [1.807, 2.05) is 18.2 Å². The van der Waals surface area contributed by atoms with Crippen molar-refractivity contribution in [3.05, 3.63) is 76.9 Å². The minimum atomic E-state index is -0.980. The molecule has 0 amide bonds. The highest BCUT2D eigenvalue weighted by molar-refractivity contribution is 6.02. The van der Waals surface area contributed by atoms with Gasteiger partial charge in [0.25, 0.3) is 0 Å². The highest BCUT2D eigenvalue weighted by Crippen LogP contribution is 2.20. The van der Waals surface area contributed by atoms with E-state index in [0.717, 1.165) is 13.1 Å². The van der Waals surface area contributed by atoms with E-state index in [4.69, 9.17) is 0 Å². The van der Waals surface area contributed by atoms with Gasteiger partial charge in [-0.05, 0) is 23.3 Å². The Balaban J connectivity index is 1.82. The summed E-state index contributed by atoms with van der Waals surface area (Å²) in [7, 11) is 0. The number of carbonyl (C=O) groups is 2. The van der Waals surface area contributed by atoms with Gasteiger partial charge < -0.3 is 5.11 Å². The number of likely N-dealkylation sites (tertiary alicyclic amines) is 1. The van der Waals surface area contributed by atoms with Crippen molar-refractivity contribution in [2.24, 2.45) is 0 Å². The molecule has 0 aromatic heterocycles. The summed E-state index contributed by atoms with van der Waals surface area (Å²) in [5, 5.41) is 9.28. The van der Waals surface area contributed by atoms with Crippen LogP contribution in [-0.4, -0.2) is 34.8 Å². The van der Waals surface area contributed by atoms with Gasteiger partial charge in [-0.1, -0.05) is 48.5 Å². The second-order valence-corrected chi connectivity index (χ2v) is 5.93. The molecule has 1 aliphatic rings. The van der Waals surface area contributed by atoms with Crippen molar-refractivity contribution in [2.45, 2.75) is 13.0 Å². The van der Waals surface area contributed by atoms with Gasteiger partial charge in [0.2, 0.25) is 0 Å². The second-order valence-electron chi connectivity index (χ2n) is 5.93. The Kier molecular flexibility index (Phi) is 4.87. The van der Waals surface area contributed by atoms with E-state index >= 15 is 0 Å². The van der Waals surface area contributed by atoms with Gasteiger partial charge in [0, 0.05) is 31.6 Å². The van der Waals surface area contributed by atoms with Crippen LogP contribution in [0.1, 0.15) is 27.9 Å². The molecule has 0 bridgehead atoms. The van der Waals surface area contributed by atoms with Gasteiger partial charge in [-0.15, -0.1) is 0 Å². The predicted molar refractivity (Wildman–Crippen MR) is 92.7 cm³/mol. The normalized spacial score (nSPS) is 17.2. The van der Waals surface area contributed by atoms with Gasteiger partial charge in [-0.25, -0.2) is 4.79 Å². The van der Waals surface area contributed by atoms with Crippen LogP contribution < -0.4 is 0 Å². The fourth-order valence-electron chi connectivity index (χ4n) is 2.94. The monoisotopic (exact) mass is 321 g/mol. The Bertz CT molecular complexity index is 780. The summed E-state index contributed by atoms with van der Waals surface area (Å²) in [5.74, 6) is -0.883. The molecule has 0 saturated carbocycles. The van der Waals surface area contributed by atoms with Crippen LogP contribution in [0.3, 0.4) is 0 Å². The maximum Gasteiger partial charge on any atom is 0.336 e. The molecular formula is C20H19NO3. The molecular weight excluding hydrogens is 302 g/mol. The average molecular weight is 321 g/mol. The molecule has 2 aromatic rings. The van der Waals surface area contributed by atoms with Crippen molar-refractivity contribution in [2.75, 3.05) is 13.1 Å². The Labute approximate surface area is 141 Å². The quantitative estimate of drug-likeness (QED) is 0.878. The Hall–Kier alpha value is -2.72. The van der Waals surface area contributed by atoms with Gasteiger partial charge in [0.05, 0.1) is 5.56 Å². The topological polar surface area (TPSA) is 57.6 Å². The van der Waals surface area contributed by atoms with Crippen molar-refractivity contribution >= 4 is 17.8 Å². The summed E-state index contributed by atoms with van der Waals surface area (Å²) in [4.78, 5) is 25.8. The van der Waals surface area contributed by atoms with E-state index in [1.54, 1.807) is 30.3 Å². The average Bonchev–Trinajstić information content (AvgIpc) is 2.59. The minimum Gasteiger partial charge on any atom is -0.478 e. The number of hydrogen-bond donors (Lipinski definition) is 1. The molecule has 4 heteroatoms. The number of Topliss-reactive ketones (excluding diaryl/α,β-unsaturated/α-hetero) is 1. The van der Waals surface area contributed by atoms with E-state index in [-0.39, 0.29) is 11.3 Å². The fourth-order valence-corrected chi connectivity index (χ4v) is 2.94. The number of carboxylic acids is 1. The number of hydrogen-bond acceptors (Lipinski definition) is 3. The third-order valence-corrected chi connectivity index (χ3v) is 4.18. The highest BCUT2D eigenvalue weighted by atomic mass is 16.4. The van der Waals surface area contributed by atoms with Crippen molar-refractivity contribution in [3.8, 4) is 0 Å². The number of ketones is 1. The van der Waals surface area contributed by atoms with Gasteiger partial charge in [0.1, 0.15) is 0 Å². The third-order valence-electron chi connectivity index (χ3n) is 4.18. The summed E-state index contributed by atoms with van der Waals surface area (Å²) in [6, 6.07) is 16.9. The van der Waals surface area contributed by atoms with Crippen molar-refractivity contribution in [3.63, 3.8) is 0 Å². The molecule has 1 fully saturated rings. The molecule has 0 unspecified atom stereocenters. The van der Waals surface area contributed by atoms with Crippen LogP contribution in [0.5, 0.6) is 0 Å². The molecule has 2 aromatic carbocycles. The zero-order chi connectivity index (χ0) is 16.9. The number of carboxylic acid groups (broad SMARTS) is 1. The largest absolute Gasteiger partial charge is 0.478 e. The molecule has 0 aliphatic carbocycles. The molecule has 24 heavy (non-hydrogen) atoms. The molecule has 3 rings (SSSR count). The molecule has 1 saturated heterocycles. The molecule has 1 heterocycles. The third kappa shape index (κ3) is 3.78. The number of carbonyl (C=O) groups excluding carboxylic acids is 1. The smallest absolute Gasteiger partial charge is 0.336 e. The Morgan fingerprint density at radius 3 is 2.54 bits per heavy atom. The van der Waals surface area contributed by atoms with E-state index in [9.17, 15) is 14.7 Å². The standard InChI is InChI=1S/C20H19NO3/c22-19-10-11-21(13-15-6-2-1-3-7-15)14-17(19)12-16-8-4-5-9-18(16)20(23)24/h1-9,12H,10-11,13-14H2,(H,23,24)/b17-12+. The lowest BCUT2D eigenvalue weighted by Crippen LogP contribution is -2.35. The molecule has 1 aliphatic heterocycles. The number of aromatic carboxylic acids is 1. The van der Waals surface area contributed by atoms with Crippen molar-refractivity contribution in [1.82, 2.24) is 4.90 Å². The lowest BCUT2D eigenvalue weighted by molar-refractivity contribution is -0.117. The first kappa shape index (κ1) is 16.1. The summed E-state index contributed by atoms with van der Waals surface area (Å²) < 4.78 is 0. The first-order valence-corrected chi connectivity index (χ1v) is 7.96. The second kappa shape index (κ2) is 7.23. The van der Waals surface area contributed by atoms with E-state index in [0.29, 0.717) is 24.1 Å². The summed E-state index contributed by atoms with van der Waals surface area (Å²) in [5.41, 5.74) is 2.68. The number of nitrogens with zero attached hydrogens (tertiary/aromatic N) is 1. The van der Waals surface area contributed by atoms with Crippen LogP contribution in [0.25, 0.3) is 6.08 Å². The molecule has 0 atom stereocenters. The van der Waals surface area contributed by atoms with Crippen LogP contribution in [0.2, 0.25) is 0 Å². The van der Waals surface area contributed by atoms with Gasteiger partial charge >= 0.3 is 5.97 Å². The maximum atomic E-state index is 12.2. The molecule has 122 valence electrons. The lowest BCUT2D eigenvalue weighted by Gasteiger charge is -2.28. The van der Waals surface area contributed by atoms with E-state index in [1.165, 1.54) is 5.56 Å². The first-order valence-electron chi connectivity index (χ1n) is 7.96. The summed E-state index contributed by atoms with van der Waals surface area (Å²) in [6.45, 7) is 2.05. The molecule has 1 N–H and O–H groups in total. The summed E-state index contributed by atoms with van der Waals surface area (Å²) in [6.07, 6.45) is 2.19. The zero-order valence-electron chi connectivity index (χ0n) is 13.3. The van der Waals surface area contributed by atoms with E-state index < -0.39 is 5.97 Å². The lowest BCUT2D eigenvalue weighted by atomic mass is 9.97. The molecule has 0 radical (unpaired) electrons. The van der Waals surface area contributed by atoms with Gasteiger partial charge in [-0.2, -0.15) is 0 Å². The van der Waals surface area contributed by atoms with Crippen LogP contribution in [-0.2, 0) is 11.3 Å². The minimum absolute atomic E-state index is 0.0968. The van der Waals surface area contributed by atoms with E-state index in [2.05, 4.69) is 17.0 Å². The van der Waals surface area contributed by atoms with Crippen molar-refractivity contribution in [1.29, 1.82) is 0 Å². The zero-order valence-corrected chi connectivity index (χ0v) is 13.3. The molecule has 4 nitrogen and oxygen atoms in total. The van der Waals surface area contributed by atoms with Crippen LogP contribution in [0.15, 0.2) is 60.2 Å². The number of piperidine rings is 1. The molecule has 0 spiro atoms. The SMILES string of the molecule is O=C1CCN(Cc2ccccc2)C/C1=C\c1ccccc1C(=O)O. The number of benzene rings is 2. The fraction of sp³-hybridized carbons (Fsp3) is 0.200. The first-order chi connectivity index (χ1) is 11.6. The van der Waals surface area contributed by atoms with Gasteiger partial charge in [-0.3, -0.25) is 9.69 Å². The highest BCUT2D eigenvalue weighted by Gasteiger charge is 2.22. The van der Waals surface area contributed by atoms with Crippen LogP contribution in [0, 0.1) is 0 Å². The van der Waals surface area contributed by atoms with Crippen LogP contribution >= 0.6 is 0 Å². The Morgan fingerprint density at radius 1 is 1.08 bits per heavy atom. The number of rotatable bonds is 4. The Morgan fingerprint density at radius 2 is 1.79 bits per heavy atom. The van der Waals surface area contributed by atoms with Crippen LogP contribution in [0.4, 0.5) is 0 Å². The maximum absolute atomic E-state index is 12.2. The van der Waals surface area contributed by atoms with Crippen molar-refractivity contribution < 1.29 is 14.7 Å². The van der Waals surface area contributed by atoms with Gasteiger partial charge in [0.15, 0.2) is 5.78 Å². The summed E-state index contributed by atoms with van der Waals surface area (Å²) >= 11 is 0. The predicted octanol–water partition coefficient (Wildman–Crippen LogP) is 3.24.